The molecule has 1 saturated carbocycles. The van der Waals surface area contributed by atoms with E-state index in [-0.39, 0.29) is 17.7 Å². The average molecular weight is 360 g/mol. The lowest BCUT2D eigenvalue weighted by molar-refractivity contribution is -0.143. The normalized spacial score (nSPS) is 24.0. The Hall–Kier alpha value is -2.08. The lowest BCUT2D eigenvalue weighted by atomic mass is 9.81. The fourth-order valence-electron chi connectivity index (χ4n) is 3.74. The molecule has 2 fully saturated rings. The number of benzene rings is 1. The van der Waals surface area contributed by atoms with E-state index < -0.39 is 5.97 Å². The van der Waals surface area contributed by atoms with E-state index in [1.165, 1.54) is 0 Å². The van der Waals surface area contributed by atoms with Crippen LogP contribution < -0.4 is 15.4 Å². The molecule has 0 radical (unpaired) electrons. The van der Waals surface area contributed by atoms with Gasteiger partial charge in [0.25, 0.3) is 0 Å². The van der Waals surface area contributed by atoms with Crippen LogP contribution in [0.25, 0.3) is 0 Å². The van der Waals surface area contributed by atoms with Crippen LogP contribution in [0.15, 0.2) is 24.3 Å². The van der Waals surface area contributed by atoms with Gasteiger partial charge in [-0.3, -0.25) is 9.59 Å². The van der Waals surface area contributed by atoms with Gasteiger partial charge >= 0.3 is 5.97 Å². The monoisotopic (exact) mass is 360 g/mol. The molecular weight excluding hydrogens is 332 g/mol. The quantitative estimate of drug-likeness (QED) is 0.726. The Balaban J connectivity index is 1.43. The summed E-state index contributed by atoms with van der Waals surface area (Å²) < 4.78 is 5.86. The van der Waals surface area contributed by atoms with E-state index in [9.17, 15) is 9.59 Å². The van der Waals surface area contributed by atoms with Crippen molar-refractivity contribution >= 4 is 17.6 Å². The van der Waals surface area contributed by atoms with Gasteiger partial charge < -0.3 is 20.5 Å². The zero-order valence-electron chi connectivity index (χ0n) is 15.1. The van der Waals surface area contributed by atoms with Crippen molar-refractivity contribution in [1.82, 2.24) is 5.32 Å². The maximum atomic E-state index is 12.4. The number of piperidine rings is 1. The number of aliphatic carboxylic acids is 1. The van der Waals surface area contributed by atoms with Crippen LogP contribution in [0.4, 0.5) is 5.69 Å². The highest BCUT2D eigenvalue weighted by Crippen LogP contribution is 2.30. The number of carbonyl (C=O) groups excluding carboxylic acids is 1. The molecule has 1 aliphatic heterocycles. The van der Waals surface area contributed by atoms with Crippen LogP contribution in [0.2, 0.25) is 0 Å². The summed E-state index contributed by atoms with van der Waals surface area (Å²) >= 11 is 0. The van der Waals surface area contributed by atoms with Gasteiger partial charge in [-0.15, -0.1) is 0 Å². The first-order chi connectivity index (χ1) is 12.6. The van der Waals surface area contributed by atoms with Crippen molar-refractivity contribution in [2.24, 2.45) is 17.8 Å². The fraction of sp³-hybridized carbons (Fsp3) is 0.600. The molecule has 0 atom stereocenters. The van der Waals surface area contributed by atoms with Crippen LogP contribution in [-0.4, -0.2) is 36.7 Å². The van der Waals surface area contributed by atoms with Crippen molar-refractivity contribution in [3.8, 4) is 5.75 Å². The van der Waals surface area contributed by atoms with Gasteiger partial charge in [0.2, 0.25) is 5.91 Å². The van der Waals surface area contributed by atoms with Crippen molar-refractivity contribution in [3.63, 3.8) is 0 Å². The average Bonchev–Trinajstić information content (AvgIpc) is 2.68. The molecule has 3 N–H and O–H groups in total. The van der Waals surface area contributed by atoms with Crippen molar-refractivity contribution in [2.45, 2.75) is 38.5 Å². The third-order valence-electron chi connectivity index (χ3n) is 5.51. The number of amides is 1. The number of carboxylic acids is 1. The molecule has 1 heterocycles. The summed E-state index contributed by atoms with van der Waals surface area (Å²) in [7, 11) is 0. The van der Waals surface area contributed by atoms with E-state index in [0.717, 1.165) is 44.0 Å². The summed E-state index contributed by atoms with van der Waals surface area (Å²) in [5.41, 5.74) is 0.754. The summed E-state index contributed by atoms with van der Waals surface area (Å²) in [6.45, 7) is 2.86. The first kappa shape index (κ1) is 18.7. The van der Waals surface area contributed by atoms with Crippen LogP contribution in [0.5, 0.6) is 5.75 Å². The Kier molecular flexibility index (Phi) is 6.50. The molecule has 1 aromatic carbocycles. The molecule has 0 spiro atoms. The molecule has 1 amide bonds. The number of carboxylic acid groups (broad SMARTS) is 1. The van der Waals surface area contributed by atoms with Gasteiger partial charge in [-0.2, -0.15) is 0 Å². The van der Waals surface area contributed by atoms with E-state index in [1.54, 1.807) is 0 Å². The van der Waals surface area contributed by atoms with Gasteiger partial charge in [-0.25, -0.2) is 0 Å². The van der Waals surface area contributed by atoms with Crippen molar-refractivity contribution in [3.05, 3.63) is 24.3 Å². The third-order valence-corrected chi connectivity index (χ3v) is 5.51. The molecule has 142 valence electrons. The van der Waals surface area contributed by atoms with Crippen molar-refractivity contribution in [1.29, 1.82) is 0 Å². The van der Waals surface area contributed by atoms with Crippen LogP contribution in [0.3, 0.4) is 0 Å². The minimum Gasteiger partial charge on any atom is -0.493 e. The minimum atomic E-state index is -0.746. The van der Waals surface area contributed by atoms with Crippen LogP contribution >= 0.6 is 0 Å². The highest BCUT2D eigenvalue weighted by molar-refractivity contribution is 5.92. The van der Waals surface area contributed by atoms with E-state index >= 15 is 0 Å². The Morgan fingerprint density at radius 2 is 1.62 bits per heavy atom. The van der Waals surface area contributed by atoms with Crippen LogP contribution in [0, 0.1) is 17.8 Å². The first-order valence-corrected chi connectivity index (χ1v) is 9.59. The van der Waals surface area contributed by atoms with Crippen LogP contribution in [0.1, 0.15) is 38.5 Å². The molecule has 3 rings (SSSR count). The largest absolute Gasteiger partial charge is 0.493 e. The summed E-state index contributed by atoms with van der Waals surface area (Å²) in [4.78, 5) is 23.4. The van der Waals surface area contributed by atoms with E-state index in [0.29, 0.717) is 31.6 Å². The molecule has 26 heavy (non-hydrogen) atoms. The van der Waals surface area contributed by atoms with Gasteiger partial charge in [-0.05, 0) is 81.8 Å². The smallest absolute Gasteiger partial charge is 0.306 e. The molecule has 6 nitrogen and oxygen atoms in total. The summed E-state index contributed by atoms with van der Waals surface area (Å²) in [5, 5.41) is 15.3. The lowest BCUT2D eigenvalue weighted by Crippen LogP contribution is -2.30. The van der Waals surface area contributed by atoms with Gasteiger partial charge in [0.15, 0.2) is 0 Å². The number of carbonyl (C=O) groups is 2. The second-order valence-corrected chi connectivity index (χ2v) is 7.40. The second-order valence-electron chi connectivity index (χ2n) is 7.40. The lowest BCUT2D eigenvalue weighted by Gasteiger charge is -2.25. The number of anilines is 1. The standard InChI is InChI=1S/C20H28N2O4/c23-19(15-1-3-16(4-2-15)20(24)25)22-17-5-7-18(8-6-17)26-13-14-9-11-21-12-10-14/h5-8,14-16,21H,1-4,9-13H2,(H,22,23)(H,24,25)/t15-,16-. The first-order valence-electron chi connectivity index (χ1n) is 9.59. The van der Waals surface area contributed by atoms with Gasteiger partial charge in [0.1, 0.15) is 5.75 Å². The zero-order chi connectivity index (χ0) is 18.4. The Morgan fingerprint density at radius 1 is 1.00 bits per heavy atom. The molecule has 1 aliphatic carbocycles. The van der Waals surface area contributed by atoms with Gasteiger partial charge in [-0.1, -0.05) is 0 Å². The number of rotatable bonds is 6. The SMILES string of the molecule is O=C(O)[C@H]1CC[C@H](C(=O)Nc2ccc(OCC3CCNCC3)cc2)CC1. The highest BCUT2D eigenvalue weighted by atomic mass is 16.5. The Morgan fingerprint density at radius 3 is 2.23 bits per heavy atom. The zero-order valence-corrected chi connectivity index (χ0v) is 15.1. The number of hydrogen-bond acceptors (Lipinski definition) is 4. The number of ether oxygens (including phenoxy) is 1. The molecule has 6 heteroatoms. The Bertz CT molecular complexity index is 603. The number of nitrogens with one attached hydrogen (secondary N) is 2. The summed E-state index contributed by atoms with van der Waals surface area (Å²) in [6.07, 6.45) is 4.74. The minimum absolute atomic E-state index is 0.0165. The topological polar surface area (TPSA) is 87.7 Å². The molecule has 2 aliphatic rings. The molecule has 1 saturated heterocycles. The predicted octanol–water partition coefficient (Wildman–Crippen LogP) is 2.89. The summed E-state index contributed by atoms with van der Waals surface area (Å²) in [5.74, 6) is 0.276. The fourth-order valence-corrected chi connectivity index (χ4v) is 3.74. The van der Waals surface area contributed by atoms with E-state index in [1.807, 2.05) is 24.3 Å². The highest BCUT2D eigenvalue weighted by Gasteiger charge is 2.29. The summed E-state index contributed by atoms with van der Waals surface area (Å²) in [6, 6.07) is 7.49. The predicted molar refractivity (Wildman–Crippen MR) is 99.2 cm³/mol. The maximum Gasteiger partial charge on any atom is 0.306 e. The van der Waals surface area contributed by atoms with Crippen molar-refractivity contribution < 1.29 is 19.4 Å². The second kappa shape index (κ2) is 9.03. The van der Waals surface area contributed by atoms with E-state index in [2.05, 4.69) is 10.6 Å². The maximum absolute atomic E-state index is 12.4. The van der Waals surface area contributed by atoms with Crippen LogP contribution in [-0.2, 0) is 9.59 Å². The molecule has 1 aromatic rings. The molecule has 0 unspecified atom stereocenters. The molecular formula is C20H28N2O4. The molecule has 0 bridgehead atoms. The van der Waals surface area contributed by atoms with Crippen molar-refractivity contribution in [2.75, 3.05) is 25.0 Å². The number of hydrogen-bond donors (Lipinski definition) is 3. The van der Waals surface area contributed by atoms with Gasteiger partial charge in [0.05, 0.1) is 12.5 Å². The third kappa shape index (κ3) is 5.21. The van der Waals surface area contributed by atoms with Gasteiger partial charge in [0, 0.05) is 11.6 Å². The van der Waals surface area contributed by atoms with E-state index in [4.69, 9.17) is 9.84 Å². The Labute approximate surface area is 154 Å². The molecule has 0 aromatic heterocycles.